The van der Waals surface area contributed by atoms with Gasteiger partial charge in [0.05, 0.1) is 10.4 Å². The lowest BCUT2D eigenvalue weighted by atomic mass is 10.0. The second kappa shape index (κ2) is 6.87. The third-order valence-electron chi connectivity index (χ3n) is 3.73. The van der Waals surface area contributed by atoms with Gasteiger partial charge in [0.1, 0.15) is 4.90 Å². The molecule has 7 heteroatoms. The molecule has 0 spiro atoms. The van der Waals surface area contributed by atoms with E-state index >= 15 is 0 Å². The molecular formula is C13H20BrNO3S2. The van der Waals surface area contributed by atoms with Crippen molar-refractivity contribution in [3.8, 4) is 0 Å². The molecule has 0 aliphatic heterocycles. The van der Waals surface area contributed by atoms with Crippen molar-refractivity contribution in [1.29, 1.82) is 0 Å². The van der Waals surface area contributed by atoms with Crippen LogP contribution in [0.5, 0.6) is 0 Å². The number of halogens is 1. The van der Waals surface area contributed by atoms with E-state index in [1.165, 1.54) is 23.8 Å². The lowest BCUT2D eigenvalue weighted by Gasteiger charge is -2.16. The predicted molar refractivity (Wildman–Crippen MR) is 84.3 cm³/mol. The standard InChI is InChI=1S/C13H20BrNO3S2/c1-9-3-2-4-10(6-5-9)15-20(17,18)12-7-11(8-16)19-13(12)14/h7,9-10,15-16H,2-6,8H2,1H3. The molecule has 1 aliphatic rings. The maximum absolute atomic E-state index is 12.4. The molecule has 0 bridgehead atoms. The topological polar surface area (TPSA) is 66.4 Å². The Balaban J connectivity index is 2.12. The highest BCUT2D eigenvalue weighted by atomic mass is 79.9. The van der Waals surface area contributed by atoms with E-state index in [2.05, 4.69) is 27.6 Å². The summed E-state index contributed by atoms with van der Waals surface area (Å²) in [4.78, 5) is 0.885. The third-order valence-corrected chi connectivity index (χ3v) is 7.49. The van der Waals surface area contributed by atoms with E-state index in [-0.39, 0.29) is 17.5 Å². The molecular weight excluding hydrogens is 362 g/mol. The Hall–Kier alpha value is 0.0500. The molecule has 4 nitrogen and oxygen atoms in total. The van der Waals surface area contributed by atoms with Crippen molar-refractivity contribution in [2.75, 3.05) is 0 Å². The first-order chi connectivity index (χ1) is 9.42. The van der Waals surface area contributed by atoms with Gasteiger partial charge in [-0.15, -0.1) is 11.3 Å². The monoisotopic (exact) mass is 381 g/mol. The molecule has 2 rings (SSSR count). The van der Waals surface area contributed by atoms with Gasteiger partial charge >= 0.3 is 0 Å². The summed E-state index contributed by atoms with van der Waals surface area (Å²) in [6.07, 6.45) is 5.11. The lowest BCUT2D eigenvalue weighted by Crippen LogP contribution is -2.34. The molecule has 1 saturated carbocycles. The zero-order chi connectivity index (χ0) is 14.8. The van der Waals surface area contributed by atoms with E-state index < -0.39 is 10.0 Å². The molecule has 1 fully saturated rings. The van der Waals surface area contributed by atoms with Crippen LogP contribution >= 0.6 is 27.3 Å². The molecule has 20 heavy (non-hydrogen) atoms. The molecule has 114 valence electrons. The maximum Gasteiger partial charge on any atom is 0.242 e. The maximum atomic E-state index is 12.4. The molecule has 1 aromatic rings. The Labute approximate surface area is 132 Å². The van der Waals surface area contributed by atoms with E-state index in [1.54, 1.807) is 0 Å². The Morgan fingerprint density at radius 3 is 2.80 bits per heavy atom. The third kappa shape index (κ3) is 4.04. The van der Waals surface area contributed by atoms with Crippen molar-refractivity contribution in [2.45, 2.75) is 56.6 Å². The number of nitrogens with one attached hydrogen (secondary N) is 1. The molecule has 0 aromatic carbocycles. The van der Waals surface area contributed by atoms with E-state index in [1.807, 2.05) is 0 Å². The quantitative estimate of drug-likeness (QED) is 0.786. The van der Waals surface area contributed by atoms with E-state index in [0.29, 0.717) is 14.6 Å². The Bertz CT molecular complexity index is 556. The minimum Gasteiger partial charge on any atom is -0.391 e. The highest BCUT2D eigenvalue weighted by Crippen LogP contribution is 2.32. The predicted octanol–water partition coefficient (Wildman–Crippen LogP) is 3.25. The molecule has 2 N–H and O–H groups in total. The molecule has 0 amide bonds. The number of rotatable bonds is 4. The average Bonchev–Trinajstić information content (AvgIpc) is 2.66. The van der Waals surface area contributed by atoms with Crippen molar-refractivity contribution in [3.63, 3.8) is 0 Å². The highest BCUT2D eigenvalue weighted by Gasteiger charge is 2.25. The fraction of sp³-hybridized carbons (Fsp3) is 0.692. The van der Waals surface area contributed by atoms with Crippen molar-refractivity contribution >= 4 is 37.3 Å². The summed E-state index contributed by atoms with van der Waals surface area (Å²) >= 11 is 4.53. The largest absolute Gasteiger partial charge is 0.391 e. The van der Waals surface area contributed by atoms with Crippen molar-refractivity contribution in [1.82, 2.24) is 4.72 Å². The van der Waals surface area contributed by atoms with Gasteiger partial charge in [-0.1, -0.05) is 19.8 Å². The first kappa shape index (κ1) is 16.4. The molecule has 0 radical (unpaired) electrons. The highest BCUT2D eigenvalue weighted by molar-refractivity contribution is 9.11. The van der Waals surface area contributed by atoms with Gasteiger partial charge in [-0.3, -0.25) is 0 Å². The number of hydrogen-bond donors (Lipinski definition) is 2. The lowest BCUT2D eigenvalue weighted by molar-refractivity contribution is 0.285. The molecule has 2 unspecified atom stereocenters. The SMILES string of the molecule is CC1CCCC(NS(=O)(=O)c2cc(CO)sc2Br)CC1. The molecule has 1 aliphatic carbocycles. The van der Waals surface area contributed by atoms with E-state index in [9.17, 15) is 8.42 Å². The molecule has 1 heterocycles. The molecule has 2 atom stereocenters. The second-order valence-electron chi connectivity index (χ2n) is 5.44. The second-order valence-corrected chi connectivity index (χ2v) is 9.58. The summed E-state index contributed by atoms with van der Waals surface area (Å²) in [5.41, 5.74) is 0. The van der Waals surface area contributed by atoms with Gasteiger partial charge in [-0.2, -0.15) is 0 Å². The summed E-state index contributed by atoms with van der Waals surface area (Å²) < 4.78 is 28.2. The van der Waals surface area contributed by atoms with Gasteiger partial charge in [0.2, 0.25) is 10.0 Å². The van der Waals surface area contributed by atoms with Crippen LogP contribution < -0.4 is 4.72 Å². The van der Waals surface area contributed by atoms with Crippen LogP contribution in [0, 0.1) is 5.92 Å². The zero-order valence-corrected chi connectivity index (χ0v) is 14.7. The van der Waals surface area contributed by atoms with Crippen LogP contribution in [-0.4, -0.2) is 19.6 Å². The van der Waals surface area contributed by atoms with Gasteiger partial charge in [-0.25, -0.2) is 13.1 Å². The van der Waals surface area contributed by atoms with Gasteiger partial charge in [0, 0.05) is 10.9 Å². The van der Waals surface area contributed by atoms with Crippen LogP contribution in [0.2, 0.25) is 0 Å². The van der Waals surface area contributed by atoms with Crippen molar-refractivity contribution in [2.24, 2.45) is 5.92 Å². The minimum atomic E-state index is -3.51. The summed E-state index contributed by atoms with van der Waals surface area (Å²) in [5.74, 6) is 0.679. The number of hydrogen-bond acceptors (Lipinski definition) is 4. The first-order valence-electron chi connectivity index (χ1n) is 6.83. The fourth-order valence-electron chi connectivity index (χ4n) is 2.55. The van der Waals surface area contributed by atoms with Gasteiger partial charge in [0.15, 0.2) is 0 Å². The van der Waals surface area contributed by atoms with Crippen molar-refractivity contribution < 1.29 is 13.5 Å². The summed E-state index contributed by atoms with van der Waals surface area (Å²) in [6, 6.07) is 1.56. The number of aliphatic hydroxyl groups excluding tert-OH is 1. The van der Waals surface area contributed by atoms with E-state index in [4.69, 9.17) is 5.11 Å². The van der Waals surface area contributed by atoms with Crippen LogP contribution in [0.25, 0.3) is 0 Å². The van der Waals surface area contributed by atoms with E-state index in [0.717, 1.165) is 25.7 Å². The van der Waals surface area contributed by atoms with Gasteiger partial charge in [0.25, 0.3) is 0 Å². The first-order valence-corrected chi connectivity index (χ1v) is 9.93. The number of sulfonamides is 1. The number of thiophene rings is 1. The van der Waals surface area contributed by atoms with Crippen LogP contribution in [0.15, 0.2) is 14.7 Å². The Morgan fingerprint density at radius 2 is 2.15 bits per heavy atom. The summed E-state index contributed by atoms with van der Waals surface area (Å²) in [7, 11) is -3.51. The van der Waals surface area contributed by atoms with Crippen LogP contribution in [0.1, 0.15) is 43.9 Å². The number of aliphatic hydroxyl groups is 1. The molecule has 1 aromatic heterocycles. The zero-order valence-electron chi connectivity index (χ0n) is 11.4. The Morgan fingerprint density at radius 1 is 1.40 bits per heavy atom. The van der Waals surface area contributed by atoms with Gasteiger partial charge in [-0.05, 0) is 47.2 Å². The molecule has 0 saturated heterocycles. The van der Waals surface area contributed by atoms with Gasteiger partial charge < -0.3 is 5.11 Å². The summed E-state index contributed by atoms with van der Waals surface area (Å²) in [5, 5.41) is 9.10. The van der Waals surface area contributed by atoms with Crippen molar-refractivity contribution in [3.05, 3.63) is 14.7 Å². The van der Waals surface area contributed by atoms with Crippen LogP contribution in [-0.2, 0) is 16.6 Å². The fourth-order valence-corrected chi connectivity index (χ4v) is 6.39. The minimum absolute atomic E-state index is 0.0225. The summed E-state index contributed by atoms with van der Waals surface area (Å²) in [6.45, 7) is 2.08. The van der Waals surface area contributed by atoms with Crippen LogP contribution in [0.4, 0.5) is 0 Å². The average molecular weight is 382 g/mol. The smallest absolute Gasteiger partial charge is 0.242 e. The van der Waals surface area contributed by atoms with Crippen LogP contribution in [0.3, 0.4) is 0 Å². The normalized spacial score (nSPS) is 24.6. The Kier molecular flexibility index (Phi) is 5.64.